The molecule has 368 valence electrons. The molecule has 10 atom stereocenters. The number of esters is 2. The standard InChI is InChI=1S/C40H61N9O17/c1-20-22(48-37(41)42)14-24(35(53)57-3)63-31(20)32(26-16-61-39(55)65-26)59-18-28(51)45-12-10-8-6-5-7-9-11-13-46-29(52)19-60-33(27-17-62-40(56)66-27)34-30(47-21(2)50)23(49-38(43)44)15-25(64-34)36(54)58-4/h14-15,20,22-23,26-27,30-34H,5-13,16-19H2,1-4H3,(H,45,51)(H,46,52)(H,47,50)(H4,41,42,48)(H4,43,44,49)/t20-,22+,23+,26-,27-,30-,31-,32-,33-,34-/m1/s1. The Hall–Kier alpha value is -6.57. The zero-order valence-electron chi connectivity index (χ0n) is 37.3. The first-order chi connectivity index (χ1) is 31.5. The van der Waals surface area contributed by atoms with Crippen LogP contribution in [0.3, 0.4) is 0 Å². The highest BCUT2D eigenvalue weighted by molar-refractivity contribution is 5.87. The monoisotopic (exact) mass is 939 g/mol. The largest absolute Gasteiger partial charge is 0.508 e. The van der Waals surface area contributed by atoms with E-state index in [-0.39, 0.29) is 36.7 Å². The Morgan fingerprint density at radius 3 is 1.52 bits per heavy atom. The molecule has 26 nitrogen and oxygen atoms in total. The molecule has 0 bridgehead atoms. The summed E-state index contributed by atoms with van der Waals surface area (Å²) in [5.41, 5.74) is 22.5. The van der Waals surface area contributed by atoms with Gasteiger partial charge in [0.25, 0.3) is 0 Å². The van der Waals surface area contributed by atoms with Gasteiger partial charge in [0.15, 0.2) is 30.2 Å². The predicted octanol–water partition coefficient (Wildman–Crippen LogP) is -1.87. The number of unbranched alkanes of at least 4 members (excludes halogenated alkanes) is 6. The number of nitrogens with two attached hydrogens (primary N) is 4. The first-order valence-electron chi connectivity index (χ1n) is 21.3. The second-order valence-electron chi connectivity index (χ2n) is 15.5. The highest BCUT2D eigenvalue weighted by Crippen LogP contribution is 2.33. The summed E-state index contributed by atoms with van der Waals surface area (Å²) in [4.78, 5) is 94.9. The Kier molecular flexibility index (Phi) is 20.3. The third kappa shape index (κ3) is 15.8. The topological polar surface area (TPSA) is 377 Å². The number of carbonyl (C=O) groups excluding carboxylic acids is 7. The molecular weight excluding hydrogens is 878 g/mol. The molecule has 0 radical (unpaired) electrons. The van der Waals surface area contributed by atoms with E-state index in [1.807, 2.05) is 0 Å². The lowest BCUT2D eigenvalue weighted by atomic mass is 9.87. The number of hydrogen-bond donors (Lipinski definition) is 7. The van der Waals surface area contributed by atoms with E-state index in [9.17, 15) is 33.6 Å². The Morgan fingerprint density at radius 1 is 0.667 bits per heavy atom. The van der Waals surface area contributed by atoms with Crippen LogP contribution in [-0.2, 0) is 71.3 Å². The van der Waals surface area contributed by atoms with Gasteiger partial charge in [-0.05, 0) is 25.0 Å². The minimum Gasteiger partial charge on any atom is -0.480 e. The lowest BCUT2D eigenvalue weighted by molar-refractivity contribution is -0.156. The number of nitrogens with one attached hydrogen (secondary N) is 3. The molecule has 11 N–H and O–H groups in total. The van der Waals surface area contributed by atoms with Gasteiger partial charge in [-0.2, -0.15) is 0 Å². The van der Waals surface area contributed by atoms with Crippen LogP contribution < -0.4 is 38.9 Å². The highest BCUT2D eigenvalue weighted by Gasteiger charge is 2.49. The number of rotatable bonds is 25. The van der Waals surface area contributed by atoms with Gasteiger partial charge in [-0.1, -0.05) is 39.0 Å². The molecule has 0 spiro atoms. The molecule has 66 heavy (non-hydrogen) atoms. The molecule has 3 amide bonds. The van der Waals surface area contributed by atoms with Crippen molar-refractivity contribution < 1.29 is 80.9 Å². The molecule has 2 fully saturated rings. The summed E-state index contributed by atoms with van der Waals surface area (Å²) < 4.78 is 53.8. The van der Waals surface area contributed by atoms with Crippen molar-refractivity contribution in [3.63, 3.8) is 0 Å². The Balaban J connectivity index is 1.16. The molecule has 0 saturated carbocycles. The summed E-state index contributed by atoms with van der Waals surface area (Å²) in [6, 6.07) is -2.80. The fourth-order valence-electron chi connectivity index (χ4n) is 7.47. The van der Waals surface area contributed by atoms with E-state index in [1.165, 1.54) is 26.2 Å². The molecule has 0 aromatic heterocycles. The molecule has 0 unspecified atom stereocenters. The normalized spacial score (nSPS) is 25.2. The molecule has 0 aliphatic carbocycles. The van der Waals surface area contributed by atoms with Gasteiger partial charge in [0.05, 0.1) is 32.3 Å². The Bertz CT molecular complexity index is 1850. The van der Waals surface area contributed by atoms with E-state index in [1.54, 1.807) is 6.92 Å². The van der Waals surface area contributed by atoms with Gasteiger partial charge in [-0.25, -0.2) is 29.2 Å². The molecule has 4 heterocycles. The summed E-state index contributed by atoms with van der Waals surface area (Å²) in [6.07, 6.45) is -0.0146. The molecule has 4 rings (SSSR count). The maximum Gasteiger partial charge on any atom is 0.508 e. The van der Waals surface area contributed by atoms with Crippen molar-refractivity contribution in [1.29, 1.82) is 0 Å². The van der Waals surface area contributed by atoms with Crippen LogP contribution in [0.1, 0.15) is 58.8 Å². The lowest BCUT2D eigenvalue weighted by Crippen LogP contribution is -2.60. The second kappa shape index (κ2) is 25.8. The zero-order chi connectivity index (χ0) is 48.3. The third-order valence-electron chi connectivity index (χ3n) is 10.6. The summed E-state index contributed by atoms with van der Waals surface area (Å²) in [5.74, 6) is -4.62. The van der Waals surface area contributed by atoms with Gasteiger partial charge in [0, 0.05) is 25.9 Å². The summed E-state index contributed by atoms with van der Waals surface area (Å²) in [6.45, 7) is 2.37. The van der Waals surface area contributed by atoms with Crippen LogP contribution in [0.25, 0.3) is 0 Å². The van der Waals surface area contributed by atoms with Crippen LogP contribution in [0.5, 0.6) is 0 Å². The van der Waals surface area contributed by atoms with Crippen molar-refractivity contribution in [1.82, 2.24) is 16.0 Å². The van der Waals surface area contributed by atoms with Crippen molar-refractivity contribution in [2.45, 2.75) is 114 Å². The maximum absolute atomic E-state index is 12.9. The van der Waals surface area contributed by atoms with Crippen molar-refractivity contribution in [3.05, 3.63) is 23.7 Å². The number of guanidine groups is 2. The minimum atomic E-state index is -1.26. The van der Waals surface area contributed by atoms with Gasteiger partial charge < -0.3 is 86.3 Å². The number of cyclic esters (lactones) is 4. The van der Waals surface area contributed by atoms with Crippen LogP contribution in [0.4, 0.5) is 9.59 Å². The van der Waals surface area contributed by atoms with E-state index in [2.05, 4.69) is 25.9 Å². The van der Waals surface area contributed by atoms with Crippen LogP contribution in [0, 0.1) is 5.92 Å². The van der Waals surface area contributed by atoms with E-state index in [4.69, 9.17) is 70.3 Å². The lowest BCUT2D eigenvalue weighted by Gasteiger charge is -2.40. The van der Waals surface area contributed by atoms with Crippen molar-refractivity contribution in [2.75, 3.05) is 53.7 Å². The van der Waals surface area contributed by atoms with Gasteiger partial charge in [0.1, 0.15) is 44.7 Å². The average Bonchev–Trinajstić information content (AvgIpc) is 3.91. The van der Waals surface area contributed by atoms with Crippen LogP contribution >= 0.6 is 0 Å². The molecule has 0 aromatic rings. The molecule has 4 aliphatic rings. The fraction of sp³-hybridized carbons (Fsp3) is 0.675. The first kappa shape index (κ1) is 52.1. The van der Waals surface area contributed by atoms with E-state index < -0.39 is 116 Å². The summed E-state index contributed by atoms with van der Waals surface area (Å²) in [5, 5.41) is 8.28. The molecule has 26 heteroatoms. The number of methoxy groups -OCH3 is 2. The quantitative estimate of drug-likeness (QED) is 0.0173. The number of amides is 3. The smallest absolute Gasteiger partial charge is 0.480 e. The average molecular weight is 940 g/mol. The third-order valence-corrected chi connectivity index (χ3v) is 10.6. The number of hydrogen-bond acceptors (Lipinski definition) is 19. The molecule has 2 saturated heterocycles. The predicted molar refractivity (Wildman–Crippen MR) is 226 cm³/mol. The van der Waals surface area contributed by atoms with Gasteiger partial charge in [-0.15, -0.1) is 0 Å². The fourth-order valence-corrected chi connectivity index (χ4v) is 7.47. The Labute approximate surface area is 380 Å². The number of aliphatic imine (C=N–C) groups is 2. The van der Waals surface area contributed by atoms with E-state index in [0.29, 0.717) is 25.9 Å². The molecule has 4 aliphatic heterocycles. The zero-order valence-corrected chi connectivity index (χ0v) is 37.3. The number of carbonyl (C=O) groups is 7. The summed E-state index contributed by atoms with van der Waals surface area (Å²) >= 11 is 0. The molecular formula is C40H61N9O17. The summed E-state index contributed by atoms with van der Waals surface area (Å²) in [7, 11) is 2.31. The second-order valence-corrected chi connectivity index (χ2v) is 15.5. The molecule has 0 aromatic carbocycles. The SMILES string of the molecule is COC(=O)C1=C[C@H](N=C(N)N)[C@@H](C)[C@H]([C@H](OCC(=O)NCCCCCCCCCNC(=O)CO[C@@H]([C@@H]2OC(C(=O)OC)=C[C@H](N=C(N)N)[C@H]2NC(C)=O)[C@H]2COC(=O)O2)[C@H]2COC(=O)O2)O1. The van der Waals surface area contributed by atoms with Crippen LogP contribution in [0.15, 0.2) is 33.7 Å². The van der Waals surface area contributed by atoms with E-state index >= 15 is 0 Å². The maximum atomic E-state index is 12.9. The van der Waals surface area contributed by atoms with Gasteiger partial charge in [0.2, 0.25) is 29.2 Å². The highest BCUT2D eigenvalue weighted by atomic mass is 16.8. The van der Waals surface area contributed by atoms with E-state index in [0.717, 1.165) is 39.2 Å². The minimum absolute atomic E-state index is 0.171. The van der Waals surface area contributed by atoms with Crippen LogP contribution in [-0.4, -0.2) is 162 Å². The number of nitrogens with zero attached hydrogens (tertiary/aromatic N) is 2. The van der Waals surface area contributed by atoms with Crippen molar-refractivity contribution >= 4 is 53.9 Å². The number of ether oxygens (including phenoxy) is 10. The van der Waals surface area contributed by atoms with Crippen LogP contribution in [0.2, 0.25) is 0 Å². The van der Waals surface area contributed by atoms with Gasteiger partial charge in [-0.3, -0.25) is 14.4 Å². The van der Waals surface area contributed by atoms with Crippen molar-refractivity contribution in [3.8, 4) is 0 Å². The Morgan fingerprint density at radius 2 is 1.09 bits per heavy atom. The first-order valence-corrected chi connectivity index (χ1v) is 21.3. The van der Waals surface area contributed by atoms with Gasteiger partial charge >= 0.3 is 24.2 Å². The van der Waals surface area contributed by atoms with Crippen molar-refractivity contribution in [2.24, 2.45) is 38.8 Å².